The van der Waals surface area contributed by atoms with E-state index in [2.05, 4.69) is 17.6 Å². The minimum atomic E-state index is -0.430. The fourth-order valence-electron chi connectivity index (χ4n) is 3.67. The van der Waals surface area contributed by atoms with Gasteiger partial charge in [0, 0.05) is 25.1 Å². The zero-order valence-electron chi connectivity index (χ0n) is 17.0. The average molecular weight is 389 g/mol. The lowest BCUT2D eigenvalue weighted by Crippen LogP contribution is -2.49. The number of nitrogens with zero attached hydrogens (tertiary/aromatic N) is 1. The first-order valence-electron chi connectivity index (χ1n) is 10.00. The number of unbranched alkanes of at least 4 members (excludes halogenated alkanes) is 1. The van der Waals surface area contributed by atoms with Crippen LogP contribution in [0.1, 0.15) is 51.1 Å². The summed E-state index contributed by atoms with van der Waals surface area (Å²) in [7, 11) is 1.59. The number of benzene rings is 1. The molecule has 1 fully saturated rings. The molecule has 7 nitrogen and oxygen atoms in total. The van der Waals surface area contributed by atoms with Gasteiger partial charge >= 0.3 is 0 Å². The minimum Gasteiger partial charge on any atom is -0.496 e. The quantitative estimate of drug-likeness (QED) is 0.676. The standard InChI is InChI=1S/C21H31N3O4/c1-4-6-13-24-19(26)12-11-16(21(27)23-14-18(25)22-5-2)20(24)15-9-7-8-10-17(15)28-3/h7-10,16,20H,4-6,11-14H2,1-3H3,(H,22,25)(H,23,27)/t16-,20+/m0/s1. The van der Waals surface area contributed by atoms with Crippen LogP contribution in [0.4, 0.5) is 0 Å². The maximum atomic E-state index is 12.9. The second-order valence-corrected chi connectivity index (χ2v) is 6.94. The molecule has 0 aliphatic carbocycles. The number of para-hydroxylation sites is 1. The molecule has 1 aliphatic heterocycles. The molecule has 2 N–H and O–H groups in total. The van der Waals surface area contributed by atoms with Crippen LogP contribution in [0.15, 0.2) is 24.3 Å². The van der Waals surface area contributed by atoms with Crippen molar-refractivity contribution in [3.8, 4) is 5.75 Å². The van der Waals surface area contributed by atoms with Gasteiger partial charge in [0.2, 0.25) is 17.7 Å². The Hall–Kier alpha value is -2.57. The van der Waals surface area contributed by atoms with Crippen molar-refractivity contribution in [3.05, 3.63) is 29.8 Å². The molecular weight excluding hydrogens is 358 g/mol. The highest BCUT2D eigenvalue weighted by Gasteiger charge is 2.41. The van der Waals surface area contributed by atoms with Crippen molar-refractivity contribution in [2.24, 2.45) is 5.92 Å². The zero-order chi connectivity index (χ0) is 20.5. The number of piperidine rings is 1. The Kier molecular flexibility index (Phi) is 8.29. The lowest BCUT2D eigenvalue weighted by molar-refractivity contribution is -0.144. The molecule has 0 aromatic heterocycles. The molecular formula is C21H31N3O4. The maximum absolute atomic E-state index is 12.9. The summed E-state index contributed by atoms with van der Waals surface area (Å²) in [4.78, 5) is 39.2. The van der Waals surface area contributed by atoms with Crippen molar-refractivity contribution in [1.82, 2.24) is 15.5 Å². The third kappa shape index (κ3) is 5.24. The Morgan fingerprint density at radius 3 is 2.64 bits per heavy atom. The summed E-state index contributed by atoms with van der Waals surface area (Å²) >= 11 is 0. The van der Waals surface area contributed by atoms with E-state index in [9.17, 15) is 14.4 Å². The fraction of sp³-hybridized carbons (Fsp3) is 0.571. The summed E-state index contributed by atoms with van der Waals surface area (Å²) in [5, 5.41) is 5.41. The molecule has 28 heavy (non-hydrogen) atoms. The Morgan fingerprint density at radius 1 is 1.21 bits per heavy atom. The molecule has 0 radical (unpaired) electrons. The van der Waals surface area contributed by atoms with Gasteiger partial charge in [0.15, 0.2) is 0 Å². The van der Waals surface area contributed by atoms with Crippen molar-refractivity contribution in [2.75, 3.05) is 26.7 Å². The van der Waals surface area contributed by atoms with Gasteiger partial charge in [0.05, 0.1) is 25.6 Å². The number of ether oxygens (including phenoxy) is 1. The van der Waals surface area contributed by atoms with Gasteiger partial charge in [0.1, 0.15) is 5.75 Å². The van der Waals surface area contributed by atoms with E-state index in [1.54, 1.807) is 12.0 Å². The lowest BCUT2D eigenvalue weighted by atomic mass is 9.83. The molecule has 0 unspecified atom stereocenters. The van der Waals surface area contributed by atoms with Gasteiger partial charge in [-0.2, -0.15) is 0 Å². The summed E-state index contributed by atoms with van der Waals surface area (Å²) in [5.74, 6) is -0.154. The van der Waals surface area contributed by atoms with E-state index in [1.165, 1.54) is 0 Å². The molecule has 1 saturated heterocycles. The van der Waals surface area contributed by atoms with Crippen LogP contribution < -0.4 is 15.4 Å². The SMILES string of the molecule is CCCCN1C(=O)CC[C@H](C(=O)NCC(=O)NCC)[C@H]1c1ccccc1OC. The zero-order valence-corrected chi connectivity index (χ0v) is 17.0. The van der Waals surface area contributed by atoms with E-state index >= 15 is 0 Å². The molecule has 0 spiro atoms. The van der Waals surface area contributed by atoms with Crippen LogP contribution in [-0.2, 0) is 14.4 Å². The first-order chi connectivity index (χ1) is 13.5. The monoisotopic (exact) mass is 389 g/mol. The van der Waals surface area contributed by atoms with Crippen LogP contribution in [0.25, 0.3) is 0 Å². The third-order valence-corrected chi connectivity index (χ3v) is 5.05. The predicted molar refractivity (Wildman–Crippen MR) is 107 cm³/mol. The number of methoxy groups -OCH3 is 1. The number of likely N-dealkylation sites (tertiary alicyclic amines) is 1. The van der Waals surface area contributed by atoms with Gasteiger partial charge in [-0.25, -0.2) is 0 Å². The second kappa shape index (κ2) is 10.7. The van der Waals surface area contributed by atoms with E-state index in [0.29, 0.717) is 31.7 Å². The van der Waals surface area contributed by atoms with Gasteiger partial charge in [-0.05, 0) is 25.8 Å². The van der Waals surface area contributed by atoms with E-state index < -0.39 is 12.0 Å². The Bertz CT molecular complexity index is 692. The van der Waals surface area contributed by atoms with Crippen molar-refractivity contribution >= 4 is 17.7 Å². The van der Waals surface area contributed by atoms with Gasteiger partial charge in [-0.3, -0.25) is 14.4 Å². The van der Waals surface area contributed by atoms with E-state index in [-0.39, 0.29) is 24.3 Å². The number of rotatable bonds is 9. The van der Waals surface area contributed by atoms with Crippen LogP contribution in [0, 0.1) is 5.92 Å². The van der Waals surface area contributed by atoms with Crippen LogP contribution in [0.2, 0.25) is 0 Å². The van der Waals surface area contributed by atoms with Crippen LogP contribution in [0.5, 0.6) is 5.75 Å². The molecule has 0 saturated carbocycles. The first kappa shape index (κ1) is 21.7. The highest BCUT2D eigenvalue weighted by Crippen LogP contribution is 2.40. The third-order valence-electron chi connectivity index (χ3n) is 5.05. The Balaban J connectivity index is 2.31. The van der Waals surface area contributed by atoms with Crippen LogP contribution in [0.3, 0.4) is 0 Å². The number of hydrogen-bond acceptors (Lipinski definition) is 4. The average Bonchev–Trinajstić information content (AvgIpc) is 2.71. The fourth-order valence-corrected chi connectivity index (χ4v) is 3.67. The second-order valence-electron chi connectivity index (χ2n) is 6.94. The van der Waals surface area contributed by atoms with E-state index in [0.717, 1.165) is 18.4 Å². The molecule has 3 amide bonds. The molecule has 154 valence electrons. The number of hydrogen-bond donors (Lipinski definition) is 2. The lowest BCUT2D eigenvalue weighted by Gasteiger charge is -2.41. The minimum absolute atomic E-state index is 0.0529. The molecule has 7 heteroatoms. The Labute approximate surface area is 166 Å². The molecule has 2 rings (SSSR count). The summed E-state index contributed by atoms with van der Waals surface area (Å²) in [6.07, 6.45) is 2.60. The summed E-state index contributed by atoms with van der Waals surface area (Å²) in [6.45, 7) is 4.95. The number of nitrogens with one attached hydrogen (secondary N) is 2. The summed E-state index contributed by atoms with van der Waals surface area (Å²) in [5.41, 5.74) is 0.826. The number of carbonyl (C=O) groups is 3. The molecule has 0 bridgehead atoms. The van der Waals surface area contributed by atoms with Gasteiger partial charge < -0.3 is 20.3 Å². The van der Waals surface area contributed by atoms with Crippen LogP contribution in [-0.4, -0.2) is 49.4 Å². The molecule has 2 atom stereocenters. The predicted octanol–water partition coefficient (Wildman–Crippen LogP) is 2.03. The normalized spacial score (nSPS) is 19.2. The van der Waals surface area contributed by atoms with E-state index in [1.807, 2.05) is 31.2 Å². The number of likely N-dealkylation sites (N-methyl/N-ethyl adjacent to an activating group) is 1. The summed E-state index contributed by atoms with van der Waals surface area (Å²) in [6, 6.07) is 7.10. The number of carbonyl (C=O) groups excluding carboxylic acids is 3. The molecule has 1 aromatic rings. The van der Waals surface area contributed by atoms with E-state index in [4.69, 9.17) is 4.74 Å². The van der Waals surface area contributed by atoms with Gasteiger partial charge in [-0.15, -0.1) is 0 Å². The first-order valence-corrected chi connectivity index (χ1v) is 10.00. The highest BCUT2D eigenvalue weighted by molar-refractivity contribution is 5.88. The topological polar surface area (TPSA) is 87.7 Å². The number of amides is 3. The molecule has 1 heterocycles. The largest absolute Gasteiger partial charge is 0.496 e. The smallest absolute Gasteiger partial charge is 0.239 e. The van der Waals surface area contributed by atoms with Crippen molar-refractivity contribution in [2.45, 2.75) is 45.6 Å². The van der Waals surface area contributed by atoms with Gasteiger partial charge in [0.25, 0.3) is 0 Å². The maximum Gasteiger partial charge on any atom is 0.239 e. The Morgan fingerprint density at radius 2 is 1.96 bits per heavy atom. The van der Waals surface area contributed by atoms with Crippen LogP contribution >= 0.6 is 0 Å². The summed E-state index contributed by atoms with van der Waals surface area (Å²) < 4.78 is 5.51. The van der Waals surface area contributed by atoms with Crippen molar-refractivity contribution in [3.63, 3.8) is 0 Å². The molecule has 1 aromatic carbocycles. The van der Waals surface area contributed by atoms with Crippen molar-refractivity contribution < 1.29 is 19.1 Å². The van der Waals surface area contributed by atoms with Gasteiger partial charge in [-0.1, -0.05) is 31.5 Å². The van der Waals surface area contributed by atoms with Crippen molar-refractivity contribution in [1.29, 1.82) is 0 Å². The highest BCUT2D eigenvalue weighted by atomic mass is 16.5. The molecule has 1 aliphatic rings.